The molecule has 0 saturated carbocycles. The summed E-state index contributed by atoms with van der Waals surface area (Å²) < 4.78 is 0. The van der Waals surface area contributed by atoms with Crippen molar-refractivity contribution in [3.8, 4) is 0 Å². The molecule has 3 rings (SSSR count). The van der Waals surface area contributed by atoms with E-state index in [0.717, 1.165) is 12.0 Å². The van der Waals surface area contributed by atoms with Gasteiger partial charge >= 0.3 is 0 Å². The van der Waals surface area contributed by atoms with Crippen LogP contribution in [0.25, 0.3) is 17.0 Å². The van der Waals surface area contributed by atoms with Crippen molar-refractivity contribution in [2.24, 2.45) is 5.73 Å². The number of rotatable bonds is 3. The average molecular weight is 254 g/mol. The lowest BCUT2D eigenvalue weighted by Gasteiger charge is -2.10. The standard InChI is InChI=1S/C16H18N2O/c17-16(19)7-3-4-11-8-9-15-13(10-11)12-5-1-2-6-14(12)18-15/h3-4,8-10,18H,1-2,5-7H2,(H2,17,19). The van der Waals surface area contributed by atoms with Crippen LogP contribution in [-0.4, -0.2) is 10.9 Å². The molecule has 0 aliphatic heterocycles. The molecule has 0 spiro atoms. The van der Waals surface area contributed by atoms with Gasteiger partial charge in [-0.15, -0.1) is 0 Å². The highest BCUT2D eigenvalue weighted by molar-refractivity contribution is 5.87. The van der Waals surface area contributed by atoms with Gasteiger partial charge in [0.2, 0.25) is 5.91 Å². The Balaban J connectivity index is 1.95. The zero-order valence-corrected chi connectivity index (χ0v) is 10.9. The van der Waals surface area contributed by atoms with Crippen LogP contribution in [0.4, 0.5) is 0 Å². The monoisotopic (exact) mass is 254 g/mol. The number of hydrogen-bond acceptors (Lipinski definition) is 1. The minimum Gasteiger partial charge on any atom is -0.369 e. The van der Waals surface area contributed by atoms with Gasteiger partial charge in [-0.2, -0.15) is 0 Å². The predicted octanol–water partition coefficient (Wildman–Crippen LogP) is 2.94. The second kappa shape index (κ2) is 4.92. The van der Waals surface area contributed by atoms with Gasteiger partial charge in [0.15, 0.2) is 0 Å². The molecule has 1 heterocycles. The number of carbonyl (C=O) groups is 1. The lowest BCUT2D eigenvalue weighted by atomic mass is 9.95. The van der Waals surface area contributed by atoms with Crippen LogP contribution in [0.3, 0.4) is 0 Å². The van der Waals surface area contributed by atoms with E-state index in [1.54, 1.807) is 0 Å². The molecule has 1 amide bonds. The summed E-state index contributed by atoms with van der Waals surface area (Å²) in [5.74, 6) is -0.295. The number of benzene rings is 1. The Morgan fingerprint density at radius 2 is 2.16 bits per heavy atom. The first-order valence-electron chi connectivity index (χ1n) is 6.82. The largest absolute Gasteiger partial charge is 0.369 e. The highest BCUT2D eigenvalue weighted by Crippen LogP contribution is 2.29. The van der Waals surface area contributed by atoms with Crippen molar-refractivity contribution in [3.05, 3.63) is 41.1 Å². The van der Waals surface area contributed by atoms with E-state index in [4.69, 9.17) is 5.73 Å². The van der Waals surface area contributed by atoms with E-state index in [9.17, 15) is 4.79 Å². The molecular weight excluding hydrogens is 236 g/mol. The van der Waals surface area contributed by atoms with Gasteiger partial charge in [-0.3, -0.25) is 4.79 Å². The number of hydrogen-bond donors (Lipinski definition) is 2. The number of fused-ring (bicyclic) bond motifs is 3. The number of aryl methyl sites for hydroxylation is 2. The maximum absolute atomic E-state index is 10.7. The van der Waals surface area contributed by atoms with Crippen molar-refractivity contribution in [1.29, 1.82) is 0 Å². The SMILES string of the molecule is NC(=O)CC=Cc1ccc2[nH]c3c(c2c1)CCCC3. The van der Waals surface area contributed by atoms with E-state index in [1.807, 2.05) is 12.2 Å². The van der Waals surface area contributed by atoms with Gasteiger partial charge in [-0.1, -0.05) is 18.2 Å². The van der Waals surface area contributed by atoms with Crippen LogP contribution < -0.4 is 5.73 Å². The Labute approximate surface area is 112 Å². The Bertz CT molecular complexity index is 652. The minimum absolute atomic E-state index is 0.295. The molecule has 0 saturated heterocycles. The summed E-state index contributed by atoms with van der Waals surface area (Å²) >= 11 is 0. The van der Waals surface area contributed by atoms with E-state index in [2.05, 4.69) is 23.2 Å². The summed E-state index contributed by atoms with van der Waals surface area (Å²) in [6.07, 6.45) is 8.98. The molecule has 2 aromatic rings. The van der Waals surface area contributed by atoms with E-state index >= 15 is 0 Å². The van der Waals surface area contributed by atoms with Crippen molar-refractivity contribution in [1.82, 2.24) is 4.98 Å². The third kappa shape index (κ3) is 2.41. The van der Waals surface area contributed by atoms with Crippen molar-refractivity contribution >= 4 is 22.9 Å². The minimum atomic E-state index is -0.295. The summed E-state index contributed by atoms with van der Waals surface area (Å²) in [5, 5.41) is 1.33. The fourth-order valence-electron chi connectivity index (χ4n) is 2.84. The molecule has 0 radical (unpaired) electrons. The van der Waals surface area contributed by atoms with Gasteiger partial charge in [-0.05, 0) is 48.9 Å². The second-order valence-electron chi connectivity index (χ2n) is 5.17. The number of aromatic amines is 1. The Morgan fingerprint density at radius 3 is 3.00 bits per heavy atom. The molecule has 1 aliphatic carbocycles. The summed E-state index contributed by atoms with van der Waals surface area (Å²) in [7, 11) is 0. The van der Waals surface area contributed by atoms with Crippen LogP contribution in [0.2, 0.25) is 0 Å². The second-order valence-corrected chi connectivity index (χ2v) is 5.17. The highest BCUT2D eigenvalue weighted by atomic mass is 16.1. The number of carbonyl (C=O) groups excluding carboxylic acids is 1. The molecule has 1 aromatic heterocycles. The van der Waals surface area contributed by atoms with Gasteiger partial charge in [-0.25, -0.2) is 0 Å². The summed E-state index contributed by atoms with van der Waals surface area (Å²) in [6.45, 7) is 0. The quantitative estimate of drug-likeness (QED) is 0.869. The third-order valence-electron chi connectivity index (χ3n) is 3.75. The first kappa shape index (κ1) is 12.0. The Kier molecular flexibility index (Phi) is 3.11. The lowest BCUT2D eigenvalue weighted by Crippen LogP contribution is -2.07. The lowest BCUT2D eigenvalue weighted by molar-refractivity contribution is -0.117. The normalized spacial score (nSPS) is 14.9. The van der Waals surface area contributed by atoms with Gasteiger partial charge in [0.05, 0.1) is 0 Å². The van der Waals surface area contributed by atoms with E-state index in [1.165, 1.54) is 41.4 Å². The molecule has 3 nitrogen and oxygen atoms in total. The number of primary amides is 1. The van der Waals surface area contributed by atoms with Gasteiger partial charge in [0.1, 0.15) is 0 Å². The first-order chi connectivity index (χ1) is 9.24. The van der Waals surface area contributed by atoms with E-state index in [-0.39, 0.29) is 5.91 Å². The molecule has 3 heteroatoms. The fourth-order valence-corrected chi connectivity index (χ4v) is 2.84. The van der Waals surface area contributed by atoms with Gasteiger partial charge < -0.3 is 10.7 Å². The molecule has 0 fully saturated rings. The highest BCUT2D eigenvalue weighted by Gasteiger charge is 2.14. The van der Waals surface area contributed by atoms with Crippen LogP contribution in [0.15, 0.2) is 24.3 Å². The maximum Gasteiger partial charge on any atom is 0.221 e. The first-order valence-corrected chi connectivity index (χ1v) is 6.82. The topological polar surface area (TPSA) is 58.9 Å². The smallest absolute Gasteiger partial charge is 0.221 e. The zero-order valence-electron chi connectivity index (χ0n) is 10.9. The Morgan fingerprint density at radius 1 is 1.32 bits per heavy atom. The van der Waals surface area contributed by atoms with E-state index < -0.39 is 0 Å². The molecule has 1 aliphatic rings. The van der Waals surface area contributed by atoms with Crippen molar-refractivity contribution < 1.29 is 4.79 Å². The van der Waals surface area contributed by atoms with Crippen LogP contribution in [0.1, 0.15) is 36.1 Å². The molecule has 0 unspecified atom stereocenters. The maximum atomic E-state index is 10.7. The van der Waals surface area contributed by atoms with Gasteiger partial charge in [0.25, 0.3) is 0 Å². The average Bonchev–Trinajstić information content (AvgIpc) is 2.76. The van der Waals surface area contributed by atoms with Crippen LogP contribution in [-0.2, 0) is 17.6 Å². The fraction of sp³-hybridized carbons (Fsp3) is 0.312. The predicted molar refractivity (Wildman–Crippen MR) is 77.8 cm³/mol. The van der Waals surface area contributed by atoms with E-state index in [0.29, 0.717) is 6.42 Å². The number of H-pyrrole nitrogens is 1. The van der Waals surface area contributed by atoms with Crippen molar-refractivity contribution in [2.75, 3.05) is 0 Å². The van der Waals surface area contributed by atoms with Crippen molar-refractivity contribution in [3.63, 3.8) is 0 Å². The number of aromatic nitrogens is 1. The number of nitrogens with one attached hydrogen (secondary N) is 1. The molecule has 0 bridgehead atoms. The van der Waals surface area contributed by atoms with Crippen LogP contribution >= 0.6 is 0 Å². The molecule has 98 valence electrons. The molecule has 3 N–H and O–H groups in total. The molecule has 0 atom stereocenters. The summed E-state index contributed by atoms with van der Waals surface area (Å²) in [5.41, 5.74) is 10.4. The molecular formula is C16H18N2O. The van der Waals surface area contributed by atoms with Gasteiger partial charge in [0, 0.05) is 23.0 Å². The zero-order chi connectivity index (χ0) is 13.2. The Hall–Kier alpha value is -2.03. The van der Waals surface area contributed by atoms with Crippen LogP contribution in [0, 0.1) is 0 Å². The number of amides is 1. The van der Waals surface area contributed by atoms with Crippen molar-refractivity contribution in [2.45, 2.75) is 32.1 Å². The summed E-state index contributed by atoms with van der Waals surface area (Å²) in [4.78, 5) is 14.2. The molecule has 1 aromatic carbocycles. The number of nitrogens with two attached hydrogens (primary N) is 1. The summed E-state index contributed by atoms with van der Waals surface area (Å²) in [6, 6.07) is 6.40. The third-order valence-corrected chi connectivity index (χ3v) is 3.75. The van der Waals surface area contributed by atoms with Crippen LogP contribution in [0.5, 0.6) is 0 Å². The molecule has 19 heavy (non-hydrogen) atoms.